The number of carbonyl (C=O) groups excluding carboxylic acids is 2. The predicted molar refractivity (Wildman–Crippen MR) is 96.3 cm³/mol. The van der Waals surface area contributed by atoms with Crippen LogP contribution >= 0.6 is 0 Å². The van der Waals surface area contributed by atoms with Gasteiger partial charge in [-0.15, -0.1) is 0 Å². The Bertz CT molecular complexity index is 375. The van der Waals surface area contributed by atoms with Crippen LogP contribution in [-0.4, -0.2) is 31.6 Å². The number of rotatable bonds is 9. The van der Waals surface area contributed by atoms with E-state index in [-0.39, 0.29) is 23.3 Å². The Balaban J connectivity index is 4.27. The summed E-state index contributed by atoms with van der Waals surface area (Å²) in [6.07, 6.45) is 2.86. The first-order valence-electron chi connectivity index (χ1n) is 8.83. The molecule has 0 aliphatic heterocycles. The average Bonchev–Trinajstić information content (AvgIpc) is 2.41. The summed E-state index contributed by atoms with van der Waals surface area (Å²) in [6.45, 7) is 16.3. The quantitative estimate of drug-likeness (QED) is 0.569. The fourth-order valence-corrected chi connectivity index (χ4v) is 2.64. The van der Waals surface area contributed by atoms with Gasteiger partial charge in [0.15, 0.2) is 0 Å². The zero-order valence-electron chi connectivity index (χ0n) is 16.1. The molecule has 5 heteroatoms. The summed E-state index contributed by atoms with van der Waals surface area (Å²) >= 11 is 0. The molecule has 0 aromatic heterocycles. The smallest absolute Gasteiger partial charge is 0.314 e. The maximum absolute atomic E-state index is 12.6. The second kappa shape index (κ2) is 9.78. The van der Waals surface area contributed by atoms with Gasteiger partial charge in [-0.25, -0.2) is 4.79 Å². The van der Waals surface area contributed by atoms with E-state index in [1.165, 1.54) is 0 Å². The van der Waals surface area contributed by atoms with Crippen molar-refractivity contribution in [3.63, 3.8) is 0 Å². The van der Waals surface area contributed by atoms with E-state index in [9.17, 15) is 9.59 Å². The lowest BCUT2D eigenvalue weighted by molar-refractivity contribution is -0.134. The van der Waals surface area contributed by atoms with Crippen molar-refractivity contribution in [2.75, 3.05) is 19.6 Å². The van der Waals surface area contributed by atoms with Crippen molar-refractivity contribution in [3.8, 4) is 0 Å². The van der Waals surface area contributed by atoms with Gasteiger partial charge in [0.05, 0.1) is 0 Å². The Labute approximate surface area is 142 Å². The highest BCUT2D eigenvalue weighted by atomic mass is 16.2. The minimum absolute atomic E-state index is 0.0654. The van der Waals surface area contributed by atoms with E-state index in [1.54, 1.807) is 0 Å². The van der Waals surface area contributed by atoms with Crippen LogP contribution < -0.4 is 16.0 Å². The maximum atomic E-state index is 12.6. The Hall–Kier alpha value is -1.26. The number of nitrogens with one attached hydrogen (secondary N) is 3. The van der Waals surface area contributed by atoms with Gasteiger partial charge in [0.1, 0.15) is 0 Å². The third-order valence-corrected chi connectivity index (χ3v) is 4.20. The fourth-order valence-electron chi connectivity index (χ4n) is 2.64. The van der Waals surface area contributed by atoms with Crippen LogP contribution in [0, 0.1) is 16.7 Å². The van der Waals surface area contributed by atoms with E-state index < -0.39 is 5.41 Å². The molecule has 0 saturated carbocycles. The number of unbranched alkanes of at least 4 members (excludes halogenated alkanes) is 1. The SMILES string of the molecule is CCCCNC(=O)NCCNC(=O)C(C)(CC(C)(C)C)C(C)C. The lowest BCUT2D eigenvalue weighted by Gasteiger charge is -2.37. The standard InChI is InChI=1S/C18H37N3O2/c1-8-9-10-20-16(23)21-12-11-19-15(22)18(7,14(2)3)13-17(4,5)6/h14H,8-13H2,1-7H3,(H,19,22)(H2,20,21,23). The van der Waals surface area contributed by atoms with Crippen LogP contribution in [0.2, 0.25) is 0 Å². The molecule has 0 radical (unpaired) electrons. The fraction of sp³-hybridized carbons (Fsp3) is 0.889. The highest BCUT2D eigenvalue weighted by Crippen LogP contribution is 2.39. The van der Waals surface area contributed by atoms with Crippen molar-refractivity contribution >= 4 is 11.9 Å². The van der Waals surface area contributed by atoms with Gasteiger partial charge in [-0.1, -0.05) is 54.9 Å². The number of hydrogen-bond acceptors (Lipinski definition) is 2. The third kappa shape index (κ3) is 8.82. The molecule has 0 saturated heterocycles. The second-order valence-electron chi connectivity index (χ2n) is 8.10. The summed E-state index contributed by atoms with van der Waals surface area (Å²) in [5.74, 6) is 0.322. The zero-order chi connectivity index (χ0) is 18.1. The average molecular weight is 328 g/mol. The molecule has 0 fully saturated rings. The molecular formula is C18H37N3O2. The molecule has 0 spiro atoms. The molecule has 0 aromatic rings. The van der Waals surface area contributed by atoms with Crippen molar-refractivity contribution < 1.29 is 9.59 Å². The van der Waals surface area contributed by atoms with E-state index in [0.29, 0.717) is 19.6 Å². The molecule has 3 N–H and O–H groups in total. The third-order valence-electron chi connectivity index (χ3n) is 4.20. The normalized spacial score (nSPS) is 14.3. The van der Waals surface area contributed by atoms with Crippen LogP contribution in [0.15, 0.2) is 0 Å². The van der Waals surface area contributed by atoms with Crippen molar-refractivity contribution in [1.82, 2.24) is 16.0 Å². The van der Waals surface area contributed by atoms with Gasteiger partial charge >= 0.3 is 6.03 Å². The first-order chi connectivity index (χ1) is 10.5. The highest BCUT2D eigenvalue weighted by molar-refractivity contribution is 5.82. The number of urea groups is 1. The van der Waals surface area contributed by atoms with Crippen LogP contribution in [-0.2, 0) is 4.79 Å². The molecular weight excluding hydrogens is 290 g/mol. The maximum Gasteiger partial charge on any atom is 0.314 e. The van der Waals surface area contributed by atoms with E-state index in [1.807, 2.05) is 6.92 Å². The number of hydrogen-bond donors (Lipinski definition) is 3. The van der Waals surface area contributed by atoms with Gasteiger partial charge in [0, 0.05) is 25.0 Å². The lowest BCUT2D eigenvalue weighted by atomic mass is 9.68. The topological polar surface area (TPSA) is 70.2 Å². The number of amides is 3. The van der Waals surface area contributed by atoms with Crippen LogP contribution in [0.4, 0.5) is 4.79 Å². The Morgan fingerprint density at radius 1 is 0.913 bits per heavy atom. The minimum atomic E-state index is -0.401. The Morgan fingerprint density at radius 3 is 1.91 bits per heavy atom. The first kappa shape index (κ1) is 21.7. The molecule has 0 bridgehead atoms. The summed E-state index contributed by atoms with van der Waals surface area (Å²) < 4.78 is 0. The minimum Gasteiger partial charge on any atom is -0.354 e. The Kier molecular flexibility index (Phi) is 9.25. The van der Waals surface area contributed by atoms with Crippen LogP contribution in [0.3, 0.4) is 0 Å². The molecule has 0 aromatic carbocycles. The molecule has 1 atom stereocenters. The molecule has 3 amide bonds. The van der Waals surface area contributed by atoms with Gasteiger partial charge in [-0.2, -0.15) is 0 Å². The van der Waals surface area contributed by atoms with Crippen molar-refractivity contribution in [2.45, 2.75) is 67.7 Å². The Morgan fingerprint density at radius 2 is 1.43 bits per heavy atom. The molecule has 136 valence electrons. The summed E-state index contributed by atoms with van der Waals surface area (Å²) in [5.41, 5.74) is -0.310. The summed E-state index contributed by atoms with van der Waals surface area (Å²) in [7, 11) is 0. The van der Waals surface area contributed by atoms with Crippen LogP contribution in [0.25, 0.3) is 0 Å². The molecule has 0 aliphatic rings. The van der Waals surface area contributed by atoms with E-state index in [4.69, 9.17) is 0 Å². The molecule has 0 heterocycles. The lowest BCUT2D eigenvalue weighted by Crippen LogP contribution is -2.47. The molecule has 5 nitrogen and oxygen atoms in total. The van der Waals surface area contributed by atoms with Gasteiger partial charge in [-0.05, 0) is 24.2 Å². The van der Waals surface area contributed by atoms with Crippen molar-refractivity contribution in [2.24, 2.45) is 16.7 Å². The van der Waals surface area contributed by atoms with E-state index >= 15 is 0 Å². The van der Waals surface area contributed by atoms with E-state index in [2.05, 4.69) is 57.5 Å². The van der Waals surface area contributed by atoms with E-state index in [0.717, 1.165) is 19.3 Å². The monoisotopic (exact) mass is 327 g/mol. The van der Waals surface area contributed by atoms with Crippen LogP contribution in [0.5, 0.6) is 0 Å². The second-order valence-corrected chi connectivity index (χ2v) is 8.10. The summed E-state index contributed by atoms with van der Waals surface area (Å²) in [5, 5.41) is 8.52. The predicted octanol–water partition coefficient (Wildman–Crippen LogP) is 3.30. The zero-order valence-corrected chi connectivity index (χ0v) is 16.1. The molecule has 23 heavy (non-hydrogen) atoms. The van der Waals surface area contributed by atoms with Gasteiger partial charge in [0.2, 0.25) is 5.91 Å². The van der Waals surface area contributed by atoms with Crippen molar-refractivity contribution in [1.29, 1.82) is 0 Å². The largest absolute Gasteiger partial charge is 0.354 e. The molecule has 1 unspecified atom stereocenters. The highest BCUT2D eigenvalue weighted by Gasteiger charge is 2.39. The summed E-state index contributed by atoms with van der Waals surface area (Å²) in [6, 6.07) is -0.172. The first-order valence-corrected chi connectivity index (χ1v) is 8.83. The molecule has 0 aliphatic carbocycles. The van der Waals surface area contributed by atoms with Gasteiger partial charge in [-0.3, -0.25) is 4.79 Å². The van der Waals surface area contributed by atoms with Crippen molar-refractivity contribution in [3.05, 3.63) is 0 Å². The van der Waals surface area contributed by atoms with Crippen LogP contribution in [0.1, 0.15) is 67.7 Å². The van der Waals surface area contributed by atoms with Gasteiger partial charge in [0.25, 0.3) is 0 Å². The summed E-state index contributed by atoms with van der Waals surface area (Å²) in [4.78, 5) is 24.1. The van der Waals surface area contributed by atoms with Gasteiger partial charge < -0.3 is 16.0 Å². The molecule has 0 rings (SSSR count). The number of carbonyl (C=O) groups is 2.